The predicted octanol–water partition coefficient (Wildman–Crippen LogP) is 3.75. The van der Waals surface area contributed by atoms with E-state index >= 15 is 0 Å². The summed E-state index contributed by atoms with van der Waals surface area (Å²) in [4.78, 5) is 44.1. The molecule has 0 spiro atoms. The lowest BCUT2D eigenvalue weighted by Gasteiger charge is -2.46. The number of allylic oxidation sites excluding steroid dienone is 1. The Hall–Kier alpha value is -2.63. The number of hydrogen-bond acceptors (Lipinski definition) is 3. The molecule has 0 aromatic heterocycles. The van der Waals surface area contributed by atoms with Crippen molar-refractivity contribution in [1.82, 2.24) is 10.2 Å². The Morgan fingerprint density at radius 3 is 2.62 bits per heavy atom. The SMILES string of the molecule is C=CC(C)(C)C12CC3C(=O)NC(CC(C)C)C(=O)N3C1N(C(=O)CCC)c1ccccc12. The summed E-state index contributed by atoms with van der Waals surface area (Å²) in [6.07, 6.45) is 3.53. The molecule has 3 aliphatic heterocycles. The van der Waals surface area contributed by atoms with Gasteiger partial charge in [-0.15, -0.1) is 6.58 Å². The fourth-order valence-corrected chi connectivity index (χ4v) is 6.07. The Bertz CT molecular complexity index is 969. The third-order valence-corrected chi connectivity index (χ3v) is 7.72. The quantitative estimate of drug-likeness (QED) is 0.689. The van der Waals surface area contributed by atoms with E-state index < -0.39 is 29.1 Å². The Balaban J connectivity index is 1.94. The van der Waals surface area contributed by atoms with Gasteiger partial charge in [0.05, 0.1) is 0 Å². The van der Waals surface area contributed by atoms with Gasteiger partial charge >= 0.3 is 0 Å². The van der Waals surface area contributed by atoms with E-state index in [1.807, 2.05) is 49.9 Å². The zero-order chi connectivity index (χ0) is 23.4. The molecule has 6 heteroatoms. The van der Waals surface area contributed by atoms with Crippen molar-refractivity contribution in [3.05, 3.63) is 42.5 Å². The molecule has 6 nitrogen and oxygen atoms in total. The molecule has 0 bridgehead atoms. The number of nitrogens with one attached hydrogen (secondary N) is 1. The zero-order valence-electron chi connectivity index (χ0n) is 19.9. The minimum absolute atomic E-state index is 0.00784. The van der Waals surface area contributed by atoms with Crippen LogP contribution in [0.5, 0.6) is 0 Å². The van der Waals surface area contributed by atoms with Crippen molar-refractivity contribution in [2.75, 3.05) is 4.90 Å². The van der Waals surface area contributed by atoms with Gasteiger partial charge < -0.3 is 10.2 Å². The number of amides is 3. The van der Waals surface area contributed by atoms with Crippen molar-refractivity contribution in [3.63, 3.8) is 0 Å². The number of nitrogens with zero attached hydrogens (tertiary/aromatic N) is 2. The first-order chi connectivity index (χ1) is 15.1. The Labute approximate surface area is 191 Å². The van der Waals surface area contributed by atoms with E-state index in [2.05, 4.69) is 31.8 Å². The third-order valence-electron chi connectivity index (χ3n) is 7.72. The third kappa shape index (κ3) is 2.95. The first kappa shape index (κ1) is 22.6. The van der Waals surface area contributed by atoms with Crippen molar-refractivity contribution in [2.45, 2.75) is 84.0 Å². The van der Waals surface area contributed by atoms with Gasteiger partial charge in [0.15, 0.2) is 0 Å². The van der Waals surface area contributed by atoms with E-state index in [0.29, 0.717) is 19.3 Å². The Kier molecular flexibility index (Phi) is 5.46. The maximum absolute atomic E-state index is 13.8. The second-order valence-corrected chi connectivity index (χ2v) is 10.5. The van der Waals surface area contributed by atoms with E-state index in [1.165, 1.54) is 0 Å². The van der Waals surface area contributed by atoms with Crippen LogP contribution >= 0.6 is 0 Å². The van der Waals surface area contributed by atoms with Crippen molar-refractivity contribution in [3.8, 4) is 0 Å². The first-order valence-corrected chi connectivity index (χ1v) is 11.8. The van der Waals surface area contributed by atoms with Crippen LogP contribution in [0, 0.1) is 11.3 Å². The largest absolute Gasteiger partial charge is 0.342 e. The van der Waals surface area contributed by atoms with Crippen molar-refractivity contribution in [1.29, 1.82) is 0 Å². The molecule has 3 amide bonds. The van der Waals surface area contributed by atoms with Gasteiger partial charge in [0.1, 0.15) is 18.2 Å². The molecule has 1 aromatic rings. The van der Waals surface area contributed by atoms with Crippen molar-refractivity contribution < 1.29 is 14.4 Å². The van der Waals surface area contributed by atoms with E-state index in [-0.39, 0.29) is 23.6 Å². The summed E-state index contributed by atoms with van der Waals surface area (Å²) in [6, 6.07) is 6.78. The number of carbonyl (C=O) groups excluding carboxylic acids is 3. The molecule has 32 heavy (non-hydrogen) atoms. The monoisotopic (exact) mass is 437 g/mol. The molecule has 4 atom stereocenters. The summed E-state index contributed by atoms with van der Waals surface area (Å²) in [5, 5.41) is 2.98. The van der Waals surface area contributed by atoms with Crippen LogP contribution in [0.4, 0.5) is 5.69 Å². The van der Waals surface area contributed by atoms with Gasteiger partial charge in [0.25, 0.3) is 0 Å². The van der Waals surface area contributed by atoms with Crippen LogP contribution in [-0.2, 0) is 19.8 Å². The summed E-state index contributed by atoms with van der Waals surface area (Å²) < 4.78 is 0. The van der Waals surface area contributed by atoms with E-state index in [0.717, 1.165) is 17.7 Å². The summed E-state index contributed by atoms with van der Waals surface area (Å²) in [5.41, 5.74) is 0.804. The average Bonchev–Trinajstić information content (AvgIpc) is 3.24. The average molecular weight is 438 g/mol. The summed E-state index contributed by atoms with van der Waals surface area (Å²) in [6.45, 7) is 14.4. The second-order valence-electron chi connectivity index (χ2n) is 10.5. The van der Waals surface area contributed by atoms with Crippen LogP contribution in [0.15, 0.2) is 36.9 Å². The highest BCUT2D eigenvalue weighted by molar-refractivity contribution is 6.03. The molecule has 1 aromatic carbocycles. The van der Waals surface area contributed by atoms with E-state index in [1.54, 1.807) is 4.90 Å². The molecular weight excluding hydrogens is 402 g/mol. The number of carbonyl (C=O) groups is 3. The number of fused-ring (bicyclic) bond motifs is 5. The minimum atomic E-state index is -0.612. The van der Waals surface area contributed by atoms with E-state index in [4.69, 9.17) is 0 Å². The van der Waals surface area contributed by atoms with Crippen LogP contribution in [0.2, 0.25) is 0 Å². The second kappa shape index (κ2) is 7.75. The Morgan fingerprint density at radius 2 is 2.00 bits per heavy atom. The fourth-order valence-electron chi connectivity index (χ4n) is 6.07. The molecule has 2 saturated heterocycles. The molecule has 172 valence electrons. The molecule has 4 unspecified atom stereocenters. The van der Waals surface area contributed by atoms with Gasteiger partial charge in [0, 0.05) is 17.5 Å². The van der Waals surface area contributed by atoms with Crippen molar-refractivity contribution in [2.24, 2.45) is 11.3 Å². The highest BCUT2D eigenvalue weighted by atomic mass is 16.2. The lowest BCUT2D eigenvalue weighted by atomic mass is 9.60. The summed E-state index contributed by atoms with van der Waals surface area (Å²) >= 11 is 0. The standard InChI is InChI=1S/C26H35N3O3/c1-7-11-21(30)28-19-13-10-9-12-17(19)26(25(5,6)8-2)15-20-22(31)27-18(14-16(3)4)23(32)29(20)24(26)28/h8-10,12-13,16,18,20,24H,2,7,11,14-15H2,1,3-6H3,(H,27,31). The Morgan fingerprint density at radius 1 is 1.31 bits per heavy atom. The zero-order valence-corrected chi connectivity index (χ0v) is 19.9. The molecule has 1 N–H and O–H groups in total. The van der Waals surface area contributed by atoms with Crippen LogP contribution < -0.4 is 10.2 Å². The molecule has 2 fully saturated rings. The van der Waals surface area contributed by atoms with Gasteiger partial charge in [-0.1, -0.05) is 58.9 Å². The number of anilines is 1. The van der Waals surface area contributed by atoms with E-state index in [9.17, 15) is 14.4 Å². The first-order valence-electron chi connectivity index (χ1n) is 11.8. The number of rotatable bonds is 6. The van der Waals surface area contributed by atoms with Crippen LogP contribution in [0.3, 0.4) is 0 Å². The number of para-hydroxylation sites is 1. The normalized spacial score (nSPS) is 29.0. The van der Waals surface area contributed by atoms with Crippen LogP contribution in [-0.4, -0.2) is 40.9 Å². The smallest absolute Gasteiger partial charge is 0.247 e. The fraction of sp³-hybridized carbons (Fsp3) is 0.577. The van der Waals surface area contributed by atoms with Gasteiger partial charge in [-0.3, -0.25) is 19.3 Å². The lowest BCUT2D eigenvalue weighted by molar-refractivity contribution is -0.150. The van der Waals surface area contributed by atoms with Gasteiger partial charge in [-0.2, -0.15) is 0 Å². The molecular formula is C26H35N3O3. The highest BCUT2D eigenvalue weighted by Crippen LogP contribution is 2.62. The molecule has 0 saturated carbocycles. The minimum Gasteiger partial charge on any atom is -0.342 e. The molecule has 3 heterocycles. The van der Waals surface area contributed by atoms with Crippen molar-refractivity contribution >= 4 is 23.4 Å². The topological polar surface area (TPSA) is 69.7 Å². The van der Waals surface area contributed by atoms with Crippen LogP contribution in [0.25, 0.3) is 0 Å². The molecule has 3 aliphatic rings. The van der Waals surface area contributed by atoms with Crippen LogP contribution in [0.1, 0.15) is 65.9 Å². The van der Waals surface area contributed by atoms with Gasteiger partial charge in [-0.05, 0) is 42.2 Å². The summed E-state index contributed by atoms with van der Waals surface area (Å²) in [7, 11) is 0. The lowest BCUT2D eigenvalue weighted by Crippen LogP contribution is -2.66. The number of hydrogen-bond donors (Lipinski definition) is 1. The summed E-state index contributed by atoms with van der Waals surface area (Å²) in [5.74, 6) is 0.0457. The molecule has 0 aliphatic carbocycles. The van der Waals surface area contributed by atoms with Gasteiger partial charge in [0.2, 0.25) is 17.7 Å². The number of benzene rings is 1. The number of piperazine rings is 1. The molecule has 0 radical (unpaired) electrons. The predicted molar refractivity (Wildman–Crippen MR) is 125 cm³/mol. The van der Waals surface area contributed by atoms with Gasteiger partial charge in [-0.25, -0.2) is 0 Å². The maximum Gasteiger partial charge on any atom is 0.247 e. The highest BCUT2D eigenvalue weighted by Gasteiger charge is 2.69. The molecule has 4 rings (SSSR count). The maximum atomic E-state index is 13.8.